The first-order valence-corrected chi connectivity index (χ1v) is 7.05. The van der Waals surface area contributed by atoms with Crippen LogP contribution in [0.2, 0.25) is 0 Å². The standard InChI is InChI=1S/C14H18N4S/c1-10-4-2-5-11(8-10)19-9-13(18-16)12-6-3-7-17-14(12)15/h2-8,13,18H,9,16H2,1H3,(H2,15,17). The minimum atomic E-state index is -0.0146. The molecule has 0 saturated carbocycles. The number of nitrogens with one attached hydrogen (secondary N) is 1. The highest BCUT2D eigenvalue weighted by Crippen LogP contribution is 2.26. The molecule has 0 bridgehead atoms. The number of aromatic nitrogens is 1. The Morgan fingerprint density at radius 1 is 1.32 bits per heavy atom. The lowest BCUT2D eigenvalue weighted by Crippen LogP contribution is -2.30. The second-order valence-corrected chi connectivity index (χ2v) is 5.42. The third kappa shape index (κ3) is 3.70. The van der Waals surface area contributed by atoms with Crippen molar-refractivity contribution in [1.29, 1.82) is 0 Å². The number of pyridine rings is 1. The molecule has 2 rings (SSSR count). The Kier molecular flexibility index (Phi) is 4.79. The summed E-state index contributed by atoms with van der Waals surface area (Å²) in [4.78, 5) is 5.31. The van der Waals surface area contributed by atoms with E-state index in [-0.39, 0.29) is 6.04 Å². The fraction of sp³-hybridized carbons (Fsp3) is 0.214. The predicted molar refractivity (Wildman–Crippen MR) is 80.6 cm³/mol. The Balaban J connectivity index is 2.06. The highest BCUT2D eigenvalue weighted by Gasteiger charge is 2.13. The highest BCUT2D eigenvalue weighted by molar-refractivity contribution is 7.99. The van der Waals surface area contributed by atoms with Gasteiger partial charge in [-0.1, -0.05) is 23.8 Å². The Hall–Kier alpha value is -1.56. The molecule has 0 aliphatic rings. The van der Waals surface area contributed by atoms with Crippen molar-refractivity contribution in [2.24, 2.45) is 5.84 Å². The van der Waals surface area contributed by atoms with Crippen molar-refractivity contribution in [3.05, 3.63) is 53.7 Å². The van der Waals surface area contributed by atoms with Crippen LogP contribution in [0.4, 0.5) is 5.82 Å². The Bertz CT molecular complexity index is 544. The summed E-state index contributed by atoms with van der Waals surface area (Å²) in [5.41, 5.74) is 10.9. The maximum absolute atomic E-state index is 5.87. The molecule has 0 fully saturated rings. The van der Waals surface area contributed by atoms with E-state index in [1.165, 1.54) is 10.5 Å². The van der Waals surface area contributed by atoms with Gasteiger partial charge >= 0.3 is 0 Å². The summed E-state index contributed by atoms with van der Waals surface area (Å²) >= 11 is 1.74. The third-order valence-corrected chi connectivity index (χ3v) is 3.94. The SMILES string of the molecule is Cc1cccc(SCC(NN)c2cccnc2N)c1. The lowest BCUT2D eigenvalue weighted by atomic mass is 10.1. The molecule has 19 heavy (non-hydrogen) atoms. The number of hydrogen-bond donors (Lipinski definition) is 3. The Morgan fingerprint density at radius 3 is 2.84 bits per heavy atom. The number of thioether (sulfide) groups is 1. The topological polar surface area (TPSA) is 77.0 Å². The number of nitrogens with two attached hydrogens (primary N) is 2. The number of nitrogen functional groups attached to an aromatic ring is 1. The lowest BCUT2D eigenvalue weighted by molar-refractivity contribution is 0.610. The van der Waals surface area contributed by atoms with Gasteiger partial charge in [-0.25, -0.2) is 4.98 Å². The lowest BCUT2D eigenvalue weighted by Gasteiger charge is -2.17. The van der Waals surface area contributed by atoms with Crippen LogP contribution in [-0.4, -0.2) is 10.7 Å². The molecule has 2 aromatic rings. The van der Waals surface area contributed by atoms with Crippen molar-refractivity contribution in [1.82, 2.24) is 10.4 Å². The first kappa shape index (κ1) is 13.9. The van der Waals surface area contributed by atoms with Gasteiger partial charge in [0, 0.05) is 22.4 Å². The zero-order valence-electron chi connectivity index (χ0n) is 10.8. The second-order valence-electron chi connectivity index (χ2n) is 4.32. The number of hydrazine groups is 1. The molecule has 0 amide bonds. The molecule has 0 spiro atoms. The molecular weight excluding hydrogens is 256 g/mol. The smallest absolute Gasteiger partial charge is 0.128 e. The Labute approximate surface area is 117 Å². The van der Waals surface area contributed by atoms with Gasteiger partial charge in [-0.15, -0.1) is 11.8 Å². The van der Waals surface area contributed by atoms with Gasteiger partial charge in [0.15, 0.2) is 0 Å². The number of rotatable bonds is 5. The molecule has 0 saturated heterocycles. The van der Waals surface area contributed by atoms with Gasteiger partial charge < -0.3 is 5.73 Å². The summed E-state index contributed by atoms with van der Waals surface area (Å²) in [5, 5.41) is 0. The van der Waals surface area contributed by atoms with Crippen molar-refractivity contribution in [3.8, 4) is 0 Å². The summed E-state index contributed by atoms with van der Waals surface area (Å²) < 4.78 is 0. The van der Waals surface area contributed by atoms with Crippen LogP contribution in [0.5, 0.6) is 0 Å². The third-order valence-electron chi connectivity index (χ3n) is 2.85. The molecule has 0 aliphatic carbocycles. The van der Waals surface area contributed by atoms with E-state index in [0.717, 1.165) is 11.3 Å². The van der Waals surface area contributed by atoms with Gasteiger partial charge in [-0.05, 0) is 25.1 Å². The predicted octanol–water partition coefficient (Wildman–Crippen LogP) is 2.27. The van der Waals surface area contributed by atoms with E-state index >= 15 is 0 Å². The van der Waals surface area contributed by atoms with Crippen LogP contribution in [0.1, 0.15) is 17.2 Å². The van der Waals surface area contributed by atoms with Crippen molar-refractivity contribution in [2.45, 2.75) is 17.9 Å². The summed E-state index contributed by atoms with van der Waals surface area (Å²) in [7, 11) is 0. The van der Waals surface area contributed by atoms with Gasteiger partial charge in [0.1, 0.15) is 5.82 Å². The van der Waals surface area contributed by atoms with E-state index in [1.807, 2.05) is 12.1 Å². The normalized spacial score (nSPS) is 12.3. The first-order chi connectivity index (χ1) is 9.20. The maximum Gasteiger partial charge on any atom is 0.128 e. The highest BCUT2D eigenvalue weighted by atomic mass is 32.2. The van der Waals surface area contributed by atoms with Crippen LogP contribution in [0.25, 0.3) is 0 Å². The number of aryl methyl sites for hydroxylation is 1. The van der Waals surface area contributed by atoms with E-state index in [9.17, 15) is 0 Å². The van der Waals surface area contributed by atoms with Gasteiger partial charge in [0.05, 0.1) is 6.04 Å². The molecule has 0 aliphatic heterocycles. The molecular formula is C14H18N4S. The first-order valence-electron chi connectivity index (χ1n) is 6.06. The number of anilines is 1. The van der Waals surface area contributed by atoms with E-state index < -0.39 is 0 Å². The molecule has 1 atom stereocenters. The van der Waals surface area contributed by atoms with E-state index in [4.69, 9.17) is 11.6 Å². The molecule has 100 valence electrons. The van der Waals surface area contributed by atoms with Gasteiger partial charge in [-0.2, -0.15) is 0 Å². The zero-order chi connectivity index (χ0) is 13.7. The largest absolute Gasteiger partial charge is 0.383 e. The summed E-state index contributed by atoms with van der Waals surface area (Å²) in [6.07, 6.45) is 1.68. The van der Waals surface area contributed by atoms with Crippen LogP contribution in [0.15, 0.2) is 47.5 Å². The van der Waals surface area contributed by atoms with Gasteiger partial charge in [0.2, 0.25) is 0 Å². The van der Waals surface area contributed by atoms with E-state index in [0.29, 0.717) is 5.82 Å². The number of nitrogens with zero attached hydrogens (tertiary/aromatic N) is 1. The molecule has 4 nitrogen and oxygen atoms in total. The molecule has 0 radical (unpaired) electrons. The van der Waals surface area contributed by atoms with Crippen molar-refractivity contribution in [2.75, 3.05) is 11.5 Å². The summed E-state index contributed by atoms with van der Waals surface area (Å²) in [6.45, 7) is 2.09. The maximum atomic E-state index is 5.87. The van der Waals surface area contributed by atoms with Crippen LogP contribution in [-0.2, 0) is 0 Å². The zero-order valence-corrected chi connectivity index (χ0v) is 11.7. The average molecular weight is 274 g/mol. The second kappa shape index (κ2) is 6.56. The fourth-order valence-electron chi connectivity index (χ4n) is 1.84. The van der Waals surface area contributed by atoms with Crippen molar-refractivity contribution < 1.29 is 0 Å². The van der Waals surface area contributed by atoms with E-state index in [1.54, 1.807) is 18.0 Å². The molecule has 1 unspecified atom stereocenters. The minimum Gasteiger partial charge on any atom is -0.383 e. The van der Waals surface area contributed by atoms with Crippen LogP contribution >= 0.6 is 11.8 Å². The molecule has 1 heterocycles. The number of benzene rings is 1. The minimum absolute atomic E-state index is 0.0146. The molecule has 5 heteroatoms. The van der Waals surface area contributed by atoms with Crippen molar-refractivity contribution in [3.63, 3.8) is 0 Å². The van der Waals surface area contributed by atoms with Crippen LogP contribution < -0.4 is 17.0 Å². The molecule has 1 aromatic carbocycles. The van der Waals surface area contributed by atoms with Crippen LogP contribution in [0, 0.1) is 6.92 Å². The molecule has 5 N–H and O–H groups in total. The monoisotopic (exact) mass is 274 g/mol. The van der Waals surface area contributed by atoms with Crippen LogP contribution in [0.3, 0.4) is 0 Å². The van der Waals surface area contributed by atoms with Gasteiger partial charge in [-0.3, -0.25) is 11.3 Å². The molecule has 1 aromatic heterocycles. The number of hydrogen-bond acceptors (Lipinski definition) is 5. The van der Waals surface area contributed by atoms with Crippen molar-refractivity contribution >= 4 is 17.6 Å². The van der Waals surface area contributed by atoms with E-state index in [2.05, 4.69) is 41.6 Å². The summed E-state index contributed by atoms with van der Waals surface area (Å²) in [5.74, 6) is 6.95. The summed E-state index contributed by atoms with van der Waals surface area (Å²) in [6, 6.07) is 12.2. The average Bonchev–Trinajstić information content (AvgIpc) is 2.41. The Morgan fingerprint density at radius 2 is 2.16 bits per heavy atom. The fourth-order valence-corrected chi connectivity index (χ4v) is 2.92. The van der Waals surface area contributed by atoms with Gasteiger partial charge in [0.25, 0.3) is 0 Å². The quantitative estimate of drug-likeness (QED) is 0.443.